The summed E-state index contributed by atoms with van der Waals surface area (Å²) in [5, 5.41) is 1.06. The van der Waals surface area contributed by atoms with E-state index in [4.69, 9.17) is 32.7 Å². The largest absolute Gasteiger partial charge is 0.442 e. The van der Waals surface area contributed by atoms with Crippen LogP contribution in [0.4, 0.5) is 0 Å². The minimum Gasteiger partial charge on any atom is -0.442 e. The predicted molar refractivity (Wildman–Crippen MR) is 124 cm³/mol. The van der Waals surface area contributed by atoms with Gasteiger partial charge in [0, 0.05) is 21.2 Å². The van der Waals surface area contributed by atoms with Crippen LogP contribution in [0.25, 0.3) is 0 Å². The van der Waals surface area contributed by atoms with Crippen molar-refractivity contribution in [3.05, 3.63) is 117 Å². The SMILES string of the molecule is O=C1C=CC2(C=C1)OC(=O)c1ccc(Cl)cc12.O=C1C=CC2(C=C1)OC(=O)c1ccc(Cl)cc12. The fraction of sp³-hybridized carbons (Fsp3) is 0.0769. The molecule has 6 nitrogen and oxygen atoms in total. The van der Waals surface area contributed by atoms with Crippen molar-refractivity contribution >= 4 is 46.7 Å². The molecule has 2 aromatic rings. The van der Waals surface area contributed by atoms with Crippen LogP contribution in [0.3, 0.4) is 0 Å². The monoisotopic (exact) mass is 492 g/mol. The van der Waals surface area contributed by atoms with Crippen LogP contribution in [0.1, 0.15) is 31.8 Å². The molecular formula is C26H14Cl2O6. The van der Waals surface area contributed by atoms with E-state index in [-0.39, 0.29) is 11.6 Å². The number of hydrogen-bond acceptors (Lipinski definition) is 6. The number of esters is 2. The van der Waals surface area contributed by atoms with E-state index in [9.17, 15) is 19.2 Å². The van der Waals surface area contributed by atoms with Gasteiger partial charge in [-0.2, -0.15) is 0 Å². The molecular weight excluding hydrogens is 479 g/mol. The van der Waals surface area contributed by atoms with Crippen molar-refractivity contribution in [1.29, 1.82) is 0 Å². The first-order valence-corrected chi connectivity index (χ1v) is 10.9. The third-order valence-corrected chi connectivity index (χ3v) is 6.22. The van der Waals surface area contributed by atoms with Crippen LogP contribution < -0.4 is 0 Å². The minimum absolute atomic E-state index is 0.123. The Morgan fingerprint density at radius 2 is 0.912 bits per heavy atom. The van der Waals surface area contributed by atoms with E-state index in [1.54, 1.807) is 60.7 Å². The number of benzene rings is 2. The number of ether oxygens (including phenoxy) is 2. The molecule has 2 aliphatic carbocycles. The van der Waals surface area contributed by atoms with Crippen molar-refractivity contribution in [3.8, 4) is 0 Å². The van der Waals surface area contributed by atoms with Crippen molar-refractivity contribution in [2.75, 3.05) is 0 Å². The van der Waals surface area contributed by atoms with Crippen molar-refractivity contribution in [2.45, 2.75) is 11.2 Å². The smallest absolute Gasteiger partial charge is 0.340 e. The van der Waals surface area contributed by atoms with Crippen LogP contribution in [0.5, 0.6) is 0 Å². The zero-order chi connectivity index (χ0) is 24.1. The molecule has 0 amide bonds. The summed E-state index contributed by atoms with van der Waals surface area (Å²) in [7, 11) is 0. The van der Waals surface area contributed by atoms with E-state index in [1.165, 1.54) is 24.3 Å². The summed E-state index contributed by atoms with van der Waals surface area (Å²) in [5.41, 5.74) is 0.386. The van der Waals surface area contributed by atoms with E-state index in [0.29, 0.717) is 32.3 Å². The van der Waals surface area contributed by atoms with E-state index in [1.807, 2.05) is 0 Å². The second-order valence-corrected chi connectivity index (χ2v) is 8.76. The van der Waals surface area contributed by atoms with Gasteiger partial charge < -0.3 is 9.47 Å². The van der Waals surface area contributed by atoms with Gasteiger partial charge in [0.1, 0.15) is 0 Å². The Morgan fingerprint density at radius 3 is 1.26 bits per heavy atom. The van der Waals surface area contributed by atoms with Crippen LogP contribution >= 0.6 is 23.2 Å². The maximum Gasteiger partial charge on any atom is 0.340 e. The Labute approximate surface area is 203 Å². The molecule has 6 rings (SSSR count). The highest BCUT2D eigenvalue weighted by atomic mass is 35.5. The lowest BCUT2D eigenvalue weighted by Crippen LogP contribution is -2.23. The van der Waals surface area contributed by atoms with Gasteiger partial charge in [-0.05, 0) is 85.0 Å². The molecule has 0 N–H and O–H groups in total. The zero-order valence-electron chi connectivity index (χ0n) is 17.3. The van der Waals surface area contributed by atoms with Gasteiger partial charge in [-0.25, -0.2) is 9.59 Å². The third-order valence-electron chi connectivity index (χ3n) is 5.75. The Balaban J connectivity index is 0.000000142. The second-order valence-electron chi connectivity index (χ2n) is 7.88. The van der Waals surface area contributed by atoms with Crippen molar-refractivity contribution < 1.29 is 28.7 Å². The topological polar surface area (TPSA) is 86.7 Å². The van der Waals surface area contributed by atoms with Crippen molar-refractivity contribution in [2.24, 2.45) is 0 Å². The quantitative estimate of drug-likeness (QED) is 0.490. The van der Waals surface area contributed by atoms with Crippen LogP contribution in [-0.4, -0.2) is 23.5 Å². The molecule has 2 aliphatic heterocycles. The molecule has 2 heterocycles. The summed E-state index contributed by atoms with van der Waals surface area (Å²) in [4.78, 5) is 45.7. The van der Waals surface area contributed by atoms with Gasteiger partial charge in [0.15, 0.2) is 22.8 Å². The molecule has 0 atom stereocenters. The minimum atomic E-state index is -0.967. The van der Waals surface area contributed by atoms with Crippen molar-refractivity contribution in [3.63, 3.8) is 0 Å². The molecule has 34 heavy (non-hydrogen) atoms. The first-order valence-electron chi connectivity index (χ1n) is 10.1. The molecule has 0 saturated carbocycles. The molecule has 0 radical (unpaired) electrons. The zero-order valence-corrected chi connectivity index (χ0v) is 18.8. The normalized spacial score (nSPS) is 19.6. The number of fused-ring (bicyclic) bond motifs is 4. The molecule has 4 aliphatic rings. The Hall–Kier alpha value is -3.74. The standard InChI is InChI=1S/2C13H7ClO3/c2*14-8-1-2-10-11(7-8)13(17-12(10)16)5-3-9(15)4-6-13/h2*1-7H. The van der Waals surface area contributed by atoms with Crippen LogP contribution in [0, 0.1) is 0 Å². The van der Waals surface area contributed by atoms with Gasteiger partial charge in [-0.15, -0.1) is 0 Å². The molecule has 168 valence electrons. The first-order chi connectivity index (χ1) is 16.2. The molecule has 0 saturated heterocycles. The molecule has 0 aromatic heterocycles. The van der Waals surface area contributed by atoms with E-state index in [0.717, 1.165) is 0 Å². The number of allylic oxidation sites excluding steroid dienone is 4. The fourth-order valence-electron chi connectivity index (χ4n) is 4.10. The summed E-state index contributed by atoms with van der Waals surface area (Å²) in [5.74, 6) is -1.05. The Morgan fingerprint density at radius 1 is 0.559 bits per heavy atom. The van der Waals surface area contributed by atoms with Gasteiger partial charge in [0.2, 0.25) is 0 Å². The lowest BCUT2D eigenvalue weighted by molar-refractivity contribution is -0.111. The Kier molecular flexibility index (Phi) is 5.15. The molecule has 0 bridgehead atoms. The van der Waals surface area contributed by atoms with E-state index in [2.05, 4.69) is 0 Å². The number of carbonyl (C=O) groups is 4. The molecule has 0 unspecified atom stereocenters. The highest BCUT2D eigenvalue weighted by Gasteiger charge is 2.44. The highest BCUT2D eigenvalue weighted by Crippen LogP contribution is 2.42. The van der Waals surface area contributed by atoms with Crippen molar-refractivity contribution in [1.82, 2.24) is 0 Å². The number of rotatable bonds is 0. The second kappa shape index (κ2) is 7.94. The highest BCUT2D eigenvalue weighted by molar-refractivity contribution is 6.31. The number of halogens is 2. The summed E-state index contributed by atoms with van der Waals surface area (Å²) < 4.78 is 10.7. The maximum atomic E-state index is 11.7. The van der Waals surface area contributed by atoms with E-state index < -0.39 is 23.1 Å². The third kappa shape index (κ3) is 3.61. The lowest BCUT2D eigenvalue weighted by atomic mass is 9.88. The van der Waals surface area contributed by atoms with Gasteiger partial charge in [0.05, 0.1) is 11.1 Å². The molecule has 2 aromatic carbocycles. The predicted octanol–water partition coefficient (Wildman–Crippen LogP) is 4.80. The van der Waals surface area contributed by atoms with Crippen LogP contribution in [0.2, 0.25) is 10.0 Å². The lowest BCUT2D eigenvalue weighted by Gasteiger charge is -2.23. The first kappa shape index (κ1) is 22.1. The summed E-state index contributed by atoms with van der Waals surface area (Å²) >= 11 is 11.8. The number of ketones is 2. The van der Waals surface area contributed by atoms with Gasteiger partial charge >= 0.3 is 11.9 Å². The van der Waals surface area contributed by atoms with Crippen LogP contribution in [-0.2, 0) is 30.3 Å². The average Bonchev–Trinajstić information content (AvgIpc) is 3.23. The maximum absolute atomic E-state index is 11.7. The van der Waals surface area contributed by atoms with Gasteiger partial charge in [-0.1, -0.05) is 23.2 Å². The molecule has 2 spiro atoms. The van der Waals surface area contributed by atoms with Gasteiger partial charge in [-0.3, -0.25) is 9.59 Å². The summed E-state index contributed by atoms with van der Waals surface area (Å²) in [6, 6.07) is 9.92. The van der Waals surface area contributed by atoms with E-state index >= 15 is 0 Å². The average molecular weight is 493 g/mol. The number of hydrogen-bond donors (Lipinski definition) is 0. The van der Waals surface area contributed by atoms with Crippen LogP contribution in [0.15, 0.2) is 85.0 Å². The van der Waals surface area contributed by atoms with Gasteiger partial charge in [0.25, 0.3) is 0 Å². The summed E-state index contributed by atoms with van der Waals surface area (Å²) in [6.45, 7) is 0. The number of carbonyl (C=O) groups excluding carboxylic acids is 4. The fourth-order valence-corrected chi connectivity index (χ4v) is 4.45. The molecule has 0 fully saturated rings. The Bertz CT molecular complexity index is 1270. The summed E-state index contributed by atoms with van der Waals surface area (Å²) in [6.07, 6.45) is 11.9. The molecule has 8 heteroatoms.